The van der Waals surface area contributed by atoms with Crippen LogP contribution in [-0.2, 0) is 11.3 Å². The predicted octanol–water partition coefficient (Wildman–Crippen LogP) is 2.84. The number of halogens is 1. The third-order valence-corrected chi connectivity index (χ3v) is 2.76. The highest BCUT2D eigenvalue weighted by molar-refractivity contribution is 5.85. The van der Waals surface area contributed by atoms with Gasteiger partial charge in [0.1, 0.15) is 0 Å². The largest absolute Gasteiger partial charge is 0.501 e. The zero-order valence-corrected chi connectivity index (χ0v) is 10.4. The molecule has 0 saturated heterocycles. The van der Waals surface area contributed by atoms with Crippen molar-refractivity contribution in [3.8, 4) is 0 Å². The van der Waals surface area contributed by atoms with Gasteiger partial charge in [0, 0.05) is 26.1 Å². The van der Waals surface area contributed by atoms with Crippen molar-refractivity contribution in [1.82, 2.24) is 4.90 Å². The highest BCUT2D eigenvalue weighted by Gasteiger charge is 2.11. The molecule has 1 aromatic rings. The number of rotatable bonds is 3. The molecule has 2 nitrogen and oxygen atoms in total. The van der Waals surface area contributed by atoms with Crippen molar-refractivity contribution in [3.63, 3.8) is 0 Å². The Morgan fingerprint density at radius 3 is 2.56 bits per heavy atom. The van der Waals surface area contributed by atoms with E-state index in [0.717, 1.165) is 31.8 Å². The van der Waals surface area contributed by atoms with Crippen molar-refractivity contribution < 1.29 is 4.74 Å². The Bertz CT molecular complexity index is 337. The molecule has 1 aliphatic heterocycles. The van der Waals surface area contributed by atoms with Crippen molar-refractivity contribution in [3.05, 3.63) is 47.7 Å². The van der Waals surface area contributed by atoms with E-state index < -0.39 is 0 Å². The van der Waals surface area contributed by atoms with E-state index >= 15 is 0 Å². The van der Waals surface area contributed by atoms with Crippen molar-refractivity contribution in [2.24, 2.45) is 0 Å². The lowest BCUT2D eigenvalue weighted by Gasteiger charge is -2.25. The van der Waals surface area contributed by atoms with Crippen LogP contribution in [0.1, 0.15) is 12.0 Å². The number of benzene rings is 1. The lowest BCUT2D eigenvalue weighted by atomic mass is 10.1. The molecule has 16 heavy (non-hydrogen) atoms. The van der Waals surface area contributed by atoms with Gasteiger partial charge in [0.2, 0.25) is 0 Å². The van der Waals surface area contributed by atoms with Crippen LogP contribution in [0.2, 0.25) is 0 Å². The highest BCUT2D eigenvalue weighted by Crippen LogP contribution is 2.13. The Hall–Kier alpha value is -0.990. The normalized spacial score (nSPS) is 16.2. The maximum absolute atomic E-state index is 5.22. The molecule has 0 radical (unpaired) electrons. The van der Waals surface area contributed by atoms with Crippen LogP contribution in [-0.4, -0.2) is 25.1 Å². The molecule has 1 aliphatic rings. The molecule has 0 bridgehead atoms. The van der Waals surface area contributed by atoms with Gasteiger partial charge in [-0.1, -0.05) is 30.3 Å². The van der Waals surface area contributed by atoms with Gasteiger partial charge in [-0.3, -0.25) is 4.90 Å². The van der Waals surface area contributed by atoms with Crippen molar-refractivity contribution in [1.29, 1.82) is 0 Å². The van der Waals surface area contributed by atoms with Gasteiger partial charge in [0.05, 0.1) is 12.9 Å². The number of methoxy groups -OCH3 is 1. The minimum absolute atomic E-state index is 0. The molecule has 2 rings (SSSR count). The molecule has 0 amide bonds. The van der Waals surface area contributed by atoms with E-state index in [1.807, 2.05) is 0 Å². The monoisotopic (exact) mass is 239 g/mol. The van der Waals surface area contributed by atoms with Crippen molar-refractivity contribution in [2.75, 3.05) is 20.2 Å². The zero-order valence-electron chi connectivity index (χ0n) is 9.56. The van der Waals surface area contributed by atoms with Crippen LogP contribution in [0.5, 0.6) is 0 Å². The minimum atomic E-state index is 0. The smallest absolute Gasteiger partial charge is 0.0941 e. The first-order valence-corrected chi connectivity index (χ1v) is 5.38. The predicted molar refractivity (Wildman–Crippen MR) is 68.7 cm³/mol. The summed E-state index contributed by atoms with van der Waals surface area (Å²) in [5.74, 6) is 1.12. The van der Waals surface area contributed by atoms with Gasteiger partial charge in [-0.25, -0.2) is 0 Å². The Balaban J connectivity index is 0.00000128. The minimum Gasteiger partial charge on any atom is -0.501 e. The summed E-state index contributed by atoms with van der Waals surface area (Å²) < 4.78 is 5.22. The highest BCUT2D eigenvalue weighted by atomic mass is 35.5. The summed E-state index contributed by atoms with van der Waals surface area (Å²) >= 11 is 0. The molecular formula is C13H18ClNO. The summed E-state index contributed by atoms with van der Waals surface area (Å²) in [4.78, 5) is 2.43. The first-order valence-electron chi connectivity index (χ1n) is 5.38. The fourth-order valence-corrected chi connectivity index (χ4v) is 1.86. The molecule has 88 valence electrons. The first kappa shape index (κ1) is 13.1. The number of nitrogens with zero attached hydrogens (tertiary/aromatic N) is 1. The summed E-state index contributed by atoms with van der Waals surface area (Å²) in [5.41, 5.74) is 1.38. The summed E-state index contributed by atoms with van der Waals surface area (Å²) in [6.45, 7) is 3.13. The third-order valence-electron chi connectivity index (χ3n) is 2.76. The van der Waals surface area contributed by atoms with E-state index in [4.69, 9.17) is 4.74 Å². The van der Waals surface area contributed by atoms with Gasteiger partial charge < -0.3 is 4.74 Å². The molecule has 0 fully saturated rings. The lowest BCUT2D eigenvalue weighted by molar-refractivity contribution is 0.214. The van der Waals surface area contributed by atoms with E-state index in [0.29, 0.717) is 0 Å². The molecule has 1 aromatic carbocycles. The van der Waals surface area contributed by atoms with E-state index in [1.165, 1.54) is 5.56 Å². The van der Waals surface area contributed by atoms with E-state index in [-0.39, 0.29) is 12.4 Å². The van der Waals surface area contributed by atoms with E-state index in [9.17, 15) is 0 Å². The molecule has 0 atom stereocenters. The van der Waals surface area contributed by atoms with Crippen molar-refractivity contribution in [2.45, 2.75) is 13.0 Å². The average Bonchev–Trinajstić information content (AvgIpc) is 2.31. The molecule has 1 heterocycles. The maximum atomic E-state index is 5.22. The second kappa shape index (κ2) is 6.56. The van der Waals surface area contributed by atoms with E-state index in [1.54, 1.807) is 7.11 Å². The molecular weight excluding hydrogens is 222 g/mol. The van der Waals surface area contributed by atoms with Crippen LogP contribution >= 0.6 is 12.4 Å². The van der Waals surface area contributed by atoms with Crippen molar-refractivity contribution >= 4 is 12.4 Å². The zero-order chi connectivity index (χ0) is 10.5. The van der Waals surface area contributed by atoms with Crippen LogP contribution < -0.4 is 0 Å². The van der Waals surface area contributed by atoms with Gasteiger partial charge >= 0.3 is 0 Å². The Kier molecular flexibility index (Phi) is 5.36. The molecule has 0 aliphatic carbocycles. The SMILES string of the molecule is COC1=CCN(Cc2ccccc2)CC1.Cl. The fourth-order valence-electron chi connectivity index (χ4n) is 1.86. The molecule has 0 saturated carbocycles. The van der Waals surface area contributed by atoms with E-state index in [2.05, 4.69) is 41.3 Å². The van der Waals surface area contributed by atoms with Crippen LogP contribution in [0, 0.1) is 0 Å². The van der Waals surface area contributed by atoms with Gasteiger partial charge in [-0.15, -0.1) is 12.4 Å². The third kappa shape index (κ3) is 3.54. The summed E-state index contributed by atoms with van der Waals surface area (Å²) in [6, 6.07) is 10.6. The topological polar surface area (TPSA) is 12.5 Å². The molecule has 3 heteroatoms. The molecule has 0 unspecified atom stereocenters. The number of hydrogen-bond donors (Lipinski definition) is 0. The standard InChI is InChI=1S/C13H17NO.ClH/c1-15-13-7-9-14(10-8-13)11-12-5-3-2-4-6-12;/h2-7H,8-11H2,1H3;1H. The Labute approximate surface area is 103 Å². The summed E-state index contributed by atoms with van der Waals surface area (Å²) in [7, 11) is 1.75. The van der Waals surface area contributed by atoms with Crippen LogP contribution in [0.4, 0.5) is 0 Å². The van der Waals surface area contributed by atoms with Crippen LogP contribution in [0.15, 0.2) is 42.2 Å². The molecule has 0 N–H and O–H groups in total. The maximum Gasteiger partial charge on any atom is 0.0941 e. The van der Waals surface area contributed by atoms with Crippen LogP contribution in [0.25, 0.3) is 0 Å². The second-order valence-electron chi connectivity index (χ2n) is 3.85. The van der Waals surface area contributed by atoms with Gasteiger partial charge in [-0.05, 0) is 11.6 Å². The molecule has 0 aromatic heterocycles. The average molecular weight is 240 g/mol. The Morgan fingerprint density at radius 1 is 1.25 bits per heavy atom. The lowest BCUT2D eigenvalue weighted by Crippen LogP contribution is -2.28. The quantitative estimate of drug-likeness (QED) is 0.804. The number of hydrogen-bond acceptors (Lipinski definition) is 2. The molecule has 0 spiro atoms. The summed E-state index contributed by atoms with van der Waals surface area (Å²) in [6.07, 6.45) is 3.20. The van der Waals surface area contributed by atoms with Gasteiger partial charge in [0.15, 0.2) is 0 Å². The first-order chi connectivity index (χ1) is 7.38. The second-order valence-corrected chi connectivity index (χ2v) is 3.85. The summed E-state index contributed by atoms with van der Waals surface area (Å²) in [5, 5.41) is 0. The number of ether oxygens (including phenoxy) is 1. The fraction of sp³-hybridized carbons (Fsp3) is 0.385. The van der Waals surface area contributed by atoms with Crippen LogP contribution in [0.3, 0.4) is 0 Å². The van der Waals surface area contributed by atoms with Gasteiger partial charge in [0.25, 0.3) is 0 Å². The van der Waals surface area contributed by atoms with Gasteiger partial charge in [-0.2, -0.15) is 0 Å². The Morgan fingerprint density at radius 2 is 2.00 bits per heavy atom.